The summed E-state index contributed by atoms with van der Waals surface area (Å²) in [6.07, 6.45) is 0. The second kappa shape index (κ2) is 14.5. The summed E-state index contributed by atoms with van der Waals surface area (Å²) >= 11 is 0. The number of hydrogen-bond donors (Lipinski definition) is 0. The molecule has 0 spiro atoms. The maximum Gasteiger partial charge on any atom is 0.171 e. The predicted molar refractivity (Wildman–Crippen MR) is 238 cm³/mol. The molecule has 0 saturated heterocycles. The van der Waals surface area contributed by atoms with E-state index in [9.17, 15) is 5.26 Å². The molecule has 0 unspecified atom stereocenters. The van der Waals surface area contributed by atoms with Crippen LogP contribution in [0.15, 0.2) is 200 Å². The Hall–Kier alpha value is -7.51. The molecule has 8 aromatic carbocycles. The Morgan fingerprint density at radius 1 is 0.397 bits per heavy atom. The van der Waals surface area contributed by atoms with Crippen LogP contribution in [-0.2, 0) is 4.57 Å². The fourth-order valence-corrected chi connectivity index (χ4v) is 10.6. The zero-order valence-corrected chi connectivity index (χ0v) is 32.1. The van der Waals surface area contributed by atoms with Crippen molar-refractivity contribution in [1.29, 1.82) is 5.26 Å². The van der Waals surface area contributed by atoms with Crippen molar-refractivity contribution in [3.63, 3.8) is 0 Å². The zero-order chi connectivity index (χ0) is 39.1. The van der Waals surface area contributed by atoms with Crippen LogP contribution in [0.25, 0.3) is 77.6 Å². The maximum atomic E-state index is 15.1. The summed E-state index contributed by atoms with van der Waals surface area (Å²) in [7, 11) is -3.13. The molecule has 0 radical (unpaired) electrons. The highest BCUT2D eigenvalue weighted by molar-refractivity contribution is 7.85. The van der Waals surface area contributed by atoms with Gasteiger partial charge in [-0.25, -0.2) is 15.0 Å². The van der Waals surface area contributed by atoms with Crippen molar-refractivity contribution < 1.29 is 4.57 Å². The molecule has 6 heteroatoms. The second-order valence-corrected chi connectivity index (χ2v) is 17.0. The minimum atomic E-state index is -3.13. The smallest absolute Gasteiger partial charge is 0.171 e. The van der Waals surface area contributed by atoms with E-state index in [1.165, 1.54) is 0 Å². The van der Waals surface area contributed by atoms with Gasteiger partial charge in [-0.3, -0.25) is 0 Å². The Morgan fingerprint density at radius 2 is 0.897 bits per heavy atom. The summed E-state index contributed by atoms with van der Waals surface area (Å²) in [5, 5.41) is 15.5. The first-order chi connectivity index (χ1) is 28.6. The van der Waals surface area contributed by atoms with E-state index in [2.05, 4.69) is 36.4 Å². The van der Waals surface area contributed by atoms with Gasteiger partial charge < -0.3 is 4.57 Å². The molecule has 2 heterocycles. The van der Waals surface area contributed by atoms with Gasteiger partial charge in [0.15, 0.2) is 7.14 Å². The summed E-state index contributed by atoms with van der Waals surface area (Å²) in [5.41, 5.74) is 9.51. The Kier molecular flexibility index (Phi) is 8.75. The molecule has 0 fully saturated rings. The van der Waals surface area contributed by atoms with Crippen molar-refractivity contribution in [3.05, 3.63) is 206 Å². The van der Waals surface area contributed by atoms with E-state index in [1.807, 2.05) is 170 Å². The van der Waals surface area contributed by atoms with E-state index in [1.54, 1.807) is 0 Å². The number of benzene rings is 8. The van der Waals surface area contributed by atoms with Gasteiger partial charge in [-0.05, 0) is 29.3 Å². The van der Waals surface area contributed by atoms with Crippen LogP contribution >= 0.6 is 7.14 Å². The molecular weight excluding hydrogens is 728 g/mol. The molecule has 272 valence electrons. The molecule has 10 aromatic rings. The highest BCUT2D eigenvalue weighted by atomic mass is 31.2. The predicted octanol–water partition coefficient (Wildman–Crippen LogP) is 11.5. The highest BCUT2D eigenvalue weighted by Crippen LogP contribution is 2.44. The SMILES string of the molecule is N#Cc1cc2nc(-c3ccccc3)c(-c3ccccc3)nc2c2c(-c3cccc(-c4ccc(P(=O)(c5ccccc5)c5ccccc5)cc4)c3)nc3ccccc3c12. The molecule has 10 rings (SSSR count). The van der Waals surface area contributed by atoms with Gasteiger partial charge in [-0.2, -0.15) is 5.26 Å². The number of hydrogen-bond acceptors (Lipinski definition) is 5. The van der Waals surface area contributed by atoms with E-state index in [0.717, 1.165) is 76.8 Å². The Labute approximate surface area is 336 Å². The second-order valence-electron chi connectivity index (χ2n) is 14.2. The largest absolute Gasteiger partial charge is 0.309 e. The van der Waals surface area contributed by atoms with Crippen molar-refractivity contribution in [2.24, 2.45) is 0 Å². The Balaban J connectivity index is 1.18. The van der Waals surface area contributed by atoms with Gasteiger partial charge >= 0.3 is 0 Å². The fourth-order valence-electron chi connectivity index (χ4n) is 7.99. The lowest BCUT2D eigenvalue weighted by atomic mass is 9.93. The third-order valence-corrected chi connectivity index (χ3v) is 13.8. The van der Waals surface area contributed by atoms with Gasteiger partial charge in [-0.15, -0.1) is 0 Å². The Morgan fingerprint density at radius 3 is 1.52 bits per heavy atom. The van der Waals surface area contributed by atoms with Crippen molar-refractivity contribution in [3.8, 4) is 51.0 Å². The molecule has 0 aliphatic rings. The molecule has 58 heavy (non-hydrogen) atoms. The van der Waals surface area contributed by atoms with Gasteiger partial charge in [0.25, 0.3) is 0 Å². The highest BCUT2D eigenvalue weighted by Gasteiger charge is 2.29. The number of para-hydroxylation sites is 1. The normalized spacial score (nSPS) is 11.5. The van der Waals surface area contributed by atoms with Gasteiger partial charge in [0.1, 0.15) is 0 Å². The van der Waals surface area contributed by atoms with Crippen molar-refractivity contribution >= 4 is 55.8 Å². The molecule has 2 aromatic heterocycles. The molecule has 0 atom stereocenters. The van der Waals surface area contributed by atoms with Crippen molar-refractivity contribution in [2.45, 2.75) is 0 Å². The Bertz CT molecular complexity index is 3200. The third kappa shape index (κ3) is 5.96. The fraction of sp³-hybridized carbons (Fsp3) is 0. The molecule has 0 N–H and O–H groups in total. The minimum Gasteiger partial charge on any atom is -0.309 e. The number of aromatic nitrogens is 3. The van der Waals surface area contributed by atoms with E-state index in [4.69, 9.17) is 15.0 Å². The number of nitriles is 1. The first-order valence-corrected chi connectivity index (χ1v) is 20.8. The first-order valence-electron chi connectivity index (χ1n) is 19.1. The quantitative estimate of drug-likeness (QED) is 0.119. The summed E-state index contributed by atoms with van der Waals surface area (Å²) in [6, 6.07) is 68.3. The van der Waals surface area contributed by atoms with Crippen LogP contribution in [0, 0.1) is 11.3 Å². The van der Waals surface area contributed by atoms with Crippen molar-refractivity contribution in [1.82, 2.24) is 15.0 Å². The van der Waals surface area contributed by atoms with E-state index < -0.39 is 7.14 Å². The van der Waals surface area contributed by atoms with E-state index in [0.29, 0.717) is 22.3 Å². The molecular formula is C52H33N4OP. The van der Waals surface area contributed by atoms with Crippen LogP contribution in [0.3, 0.4) is 0 Å². The average Bonchev–Trinajstić information content (AvgIpc) is 3.31. The van der Waals surface area contributed by atoms with Gasteiger partial charge in [0.05, 0.1) is 45.3 Å². The summed E-state index contributed by atoms with van der Waals surface area (Å²) in [6.45, 7) is 0. The zero-order valence-electron chi connectivity index (χ0n) is 31.2. The lowest BCUT2D eigenvalue weighted by Crippen LogP contribution is -2.24. The van der Waals surface area contributed by atoms with Crippen LogP contribution in [0.2, 0.25) is 0 Å². The molecule has 0 saturated carbocycles. The standard InChI is InChI=1S/C52H33N4OP/c53-34-40-33-46-52(56-51(37-18-7-2-8-19-37)50(55-46)36-16-5-1-6-17-36)48-47(40)44-26-13-14-27-45(44)54-49(48)39-21-15-20-38(32-39)35-28-30-43(31-29-35)58(57,41-22-9-3-10-23-41)42-24-11-4-12-25-42/h1-33H. The van der Waals surface area contributed by atoms with Crippen LogP contribution in [0.5, 0.6) is 0 Å². The van der Waals surface area contributed by atoms with Gasteiger partial charge in [-0.1, -0.05) is 182 Å². The van der Waals surface area contributed by atoms with Gasteiger partial charge in [0, 0.05) is 48.8 Å². The molecule has 0 aliphatic heterocycles. The maximum absolute atomic E-state index is 15.1. The van der Waals surface area contributed by atoms with E-state index >= 15 is 4.57 Å². The van der Waals surface area contributed by atoms with Crippen LogP contribution in [0.4, 0.5) is 0 Å². The summed E-state index contributed by atoms with van der Waals surface area (Å²) < 4.78 is 15.1. The monoisotopic (exact) mass is 760 g/mol. The number of pyridine rings is 1. The van der Waals surface area contributed by atoms with Crippen LogP contribution in [-0.4, -0.2) is 15.0 Å². The molecule has 0 amide bonds. The van der Waals surface area contributed by atoms with Gasteiger partial charge in [0.2, 0.25) is 0 Å². The first kappa shape index (κ1) is 34.9. The van der Waals surface area contributed by atoms with E-state index in [-0.39, 0.29) is 0 Å². The van der Waals surface area contributed by atoms with Crippen molar-refractivity contribution in [2.75, 3.05) is 0 Å². The van der Waals surface area contributed by atoms with Crippen LogP contribution in [0.1, 0.15) is 5.56 Å². The summed E-state index contributed by atoms with van der Waals surface area (Å²) in [5.74, 6) is 0. The number of fused-ring (bicyclic) bond motifs is 5. The minimum absolute atomic E-state index is 0.510. The lowest BCUT2D eigenvalue weighted by molar-refractivity contribution is 0.592. The molecule has 0 aliphatic carbocycles. The molecule has 5 nitrogen and oxygen atoms in total. The number of rotatable bonds is 7. The van der Waals surface area contributed by atoms with Crippen LogP contribution < -0.4 is 15.9 Å². The topological polar surface area (TPSA) is 79.5 Å². The average molecular weight is 761 g/mol. The summed E-state index contributed by atoms with van der Waals surface area (Å²) in [4.78, 5) is 16.0. The molecule has 0 bridgehead atoms. The lowest BCUT2D eigenvalue weighted by Gasteiger charge is -2.20. The third-order valence-electron chi connectivity index (χ3n) is 10.8. The number of nitrogens with zero attached hydrogens (tertiary/aromatic N) is 4.